The fourth-order valence-corrected chi connectivity index (χ4v) is 3.38. The molecule has 10 nitrogen and oxygen atoms in total. The lowest BCUT2D eigenvalue weighted by atomic mass is 9.93. The number of anilines is 1. The van der Waals surface area contributed by atoms with Crippen molar-refractivity contribution < 1.29 is 19.4 Å². The highest BCUT2D eigenvalue weighted by molar-refractivity contribution is 5.78. The molecule has 4 N–H and O–H groups in total. The number of fused-ring (bicyclic) bond motifs is 1. The van der Waals surface area contributed by atoms with Gasteiger partial charge in [-0.05, 0) is 25.3 Å². The maximum atomic E-state index is 12.2. The molecule has 1 aliphatic rings. The molecule has 30 heavy (non-hydrogen) atoms. The van der Waals surface area contributed by atoms with Gasteiger partial charge in [0.05, 0.1) is 24.5 Å². The smallest absolute Gasteiger partial charge is 0.410 e. The molecule has 0 saturated heterocycles. The van der Waals surface area contributed by atoms with Gasteiger partial charge in [-0.25, -0.2) is 9.78 Å². The molecule has 0 bridgehead atoms. The quantitative estimate of drug-likeness (QED) is 0.643. The highest BCUT2D eigenvalue weighted by atomic mass is 16.6. The molecule has 2 aromatic rings. The normalized spacial score (nSPS) is 12.4. The first-order chi connectivity index (χ1) is 14.4. The molecular weight excluding hydrogens is 388 g/mol. The Labute approximate surface area is 174 Å². The molecular formula is C20H26N6O4. The van der Waals surface area contributed by atoms with Crippen molar-refractivity contribution in [1.29, 1.82) is 5.26 Å². The number of hydrogen-bond donors (Lipinski definition) is 3. The molecule has 0 unspecified atom stereocenters. The van der Waals surface area contributed by atoms with E-state index in [0.717, 1.165) is 23.4 Å². The first-order valence-corrected chi connectivity index (χ1v) is 9.61. The molecule has 0 spiro atoms. The van der Waals surface area contributed by atoms with E-state index in [1.54, 1.807) is 11.8 Å². The molecule has 1 aliphatic heterocycles. The van der Waals surface area contributed by atoms with Crippen molar-refractivity contribution in [2.24, 2.45) is 5.92 Å². The van der Waals surface area contributed by atoms with E-state index >= 15 is 0 Å². The number of carbonyl (C=O) groups excluding carboxylic acids is 1. The van der Waals surface area contributed by atoms with E-state index < -0.39 is 0 Å². The largest absolute Gasteiger partial charge is 0.483 e. The summed E-state index contributed by atoms with van der Waals surface area (Å²) in [5.41, 5.74) is 10.2. The van der Waals surface area contributed by atoms with Crippen LogP contribution in [0.5, 0.6) is 0 Å². The van der Waals surface area contributed by atoms with Crippen LogP contribution in [0.2, 0.25) is 0 Å². The van der Waals surface area contributed by atoms with Crippen LogP contribution in [-0.4, -0.2) is 50.9 Å². The highest BCUT2D eigenvalue weighted by Crippen LogP contribution is 2.34. The van der Waals surface area contributed by atoms with Gasteiger partial charge in [-0.15, -0.1) is 0 Å². The van der Waals surface area contributed by atoms with Crippen LogP contribution in [-0.2, 0) is 28.9 Å². The zero-order valence-electron chi connectivity index (χ0n) is 17.3. The summed E-state index contributed by atoms with van der Waals surface area (Å²) >= 11 is 0. The first kappa shape index (κ1) is 22.7. The number of nitrogens with two attached hydrogens (primary N) is 1. The number of carboxylic acid groups (broad SMARTS) is 1. The summed E-state index contributed by atoms with van der Waals surface area (Å²) in [5.74, 6) is 0.675. The number of aromatic amines is 1. The van der Waals surface area contributed by atoms with Crippen molar-refractivity contribution >= 4 is 18.4 Å². The van der Waals surface area contributed by atoms with Crippen molar-refractivity contribution in [3.63, 3.8) is 0 Å². The summed E-state index contributed by atoms with van der Waals surface area (Å²) in [6, 6.07) is 4.10. The maximum absolute atomic E-state index is 12.2. The van der Waals surface area contributed by atoms with Gasteiger partial charge in [0.25, 0.3) is 6.47 Å². The van der Waals surface area contributed by atoms with Crippen molar-refractivity contribution in [1.82, 2.24) is 20.1 Å². The van der Waals surface area contributed by atoms with Crippen molar-refractivity contribution in [3.05, 3.63) is 28.6 Å². The van der Waals surface area contributed by atoms with E-state index in [9.17, 15) is 10.1 Å². The second kappa shape index (κ2) is 10.2. The number of carbonyl (C=O) groups is 2. The number of nitrogens with zero attached hydrogens (tertiary/aromatic N) is 4. The second-order valence-electron chi connectivity index (χ2n) is 7.14. The number of amides is 1. The molecule has 10 heteroatoms. The third kappa shape index (κ3) is 5.05. The minimum absolute atomic E-state index is 0.198. The minimum Gasteiger partial charge on any atom is -0.483 e. The summed E-state index contributed by atoms with van der Waals surface area (Å²) in [7, 11) is 0. The number of hydrogen-bond acceptors (Lipinski definition) is 7. The minimum atomic E-state index is -0.369. The molecule has 0 aliphatic carbocycles. The van der Waals surface area contributed by atoms with Crippen LogP contribution in [0.15, 0.2) is 6.07 Å². The molecule has 0 atom stereocenters. The third-order valence-electron chi connectivity index (χ3n) is 4.53. The van der Waals surface area contributed by atoms with E-state index in [0.29, 0.717) is 48.9 Å². The first-order valence-electron chi connectivity index (χ1n) is 9.61. The SMILES string of the molecule is CCOC(=O)N1CCc2nc(N)c(C#N)c(-c3cc(CC(C)C)[nH]n3)c2C1.O=CO. The number of ether oxygens (including phenoxy) is 1. The van der Waals surface area contributed by atoms with Gasteiger partial charge in [0.1, 0.15) is 17.5 Å². The van der Waals surface area contributed by atoms with Gasteiger partial charge in [0.2, 0.25) is 0 Å². The average Bonchev–Trinajstić information content (AvgIpc) is 3.14. The lowest BCUT2D eigenvalue weighted by Gasteiger charge is -2.29. The van der Waals surface area contributed by atoms with E-state index in [-0.39, 0.29) is 18.4 Å². The molecule has 3 heterocycles. The number of nitriles is 1. The van der Waals surface area contributed by atoms with Crippen molar-refractivity contribution in [3.8, 4) is 17.3 Å². The molecule has 1 amide bonds. The Balaban J connectivity index is 0.00000101. The van der Waals surface area contributed by atoms with E-state index in [1.807, 2.05) is 6.07 Å². The van der Waals surface area contributed by atoms with Crippen LogP contribution in [0.25, 0.3) is 11.3 Å². The predicted molar refractivity (Wildman–Crippen MR) is 109 cm³/mol. The predicted octanol–water partition coefficient (Wildman–Crippen LogP) is 2.34. The summed E-state index contributed by atoms with van der Waals surface area (Å²) < 4.78 is 5.13. The monoisotopic (exact) mass is 414 g/mol. The number of rotatable bonds is 4. The zero-order chi connectivity index (χ0) is 22.3. The Morgan fingerprint density at radius 2 is 2.23 bits per heavy atom. The molecule has 0 aromatic carbocycles. The Bertz CT molecular complexity index is 948. The summed E-state index contributed by atoms with van der Waals surface area (Å²) in [6.45, 7) is 6.92. The number of nitrogens with one attached hydrogen (secondary N) is 1. The third-order valence-corrected chi connectivity index (χ3v) is 4.53. The molecule has 0 fully saturated rings. The number of H-pyrrole nitrogens is 1. The van der Waals surface area contributed by atoms with Crippen LogP contribution in [0, 0.1) is 17.2 Å². The molecule has 0 radical (unpaired) electrons. The maximum Gasteiger partial charge on any atom is 0.410 e. The van der Waals surface area contributed by atoms with Crippen molar-refractivity contribution in [2.75, 3.05) is 18.9 Å². The summed E-state index contributed by atoms with van der Waals surface area (Å²) in [4.78, 5) is 26.6. The van der Waals surface area contributed by atoms with Gasteiger partial charge in [0.15, 0.2) is 0 Å². The molecule has 0 saturated carbocycles. The van der Waals surface area contributed by atoms with E-state index in [1.165, 1.54) is 0 Å². The standard InChI is InChI=1S/C19H24N6O2.CH2O2/c1-4-27-19(26)25-6-5-15-14(10-25)17(13(9-20)18(21)22-15)16-8-12(23-24-16)7-11(2)3;2-1-3/h8,11H,4-7,10H2,1-3H3,(H2,21,22)(H,23,24);1H,(H,2,3). The molecule has 160 valence electrons. The fraction of sp³-hybridized carbons (Fsp3) is 0.450. The number of pyridine rings is 1. The summed E-state index contributed by atoms with van der Waals surface area (Å²) in [6.07, 6.45) is 1.04. The van der Waals surface area contributed by atoms with Crippen molar-refractivity contribution in [2.45, 2.75) is 40.2 Å². The Morgan fingerprint density at radius 1 is 1.53 bits per heavy atom. The number of aromatic nitrogens is 3. The van der Waals surface area contributed by atoms with Gasteiger partial charge in [0, 0.05) is 29.8 Å². The Morgan fingerprint density at radius 3 is 2.83 bits per heavy atom. The average molecular weight is 414 g/mol. The lowest BCUT2D eigenvalue weighted by Crippen LogP contribution is -2.37. The van der Waals surface area contributed by atoms with Gasteiger partial charge < -0.3 is 20.5 Å². The highest BCUT2D eigenvalue weighted by Gasteiger charge is 2.29. The Kier molecular flexibility index (Phi) is 7.75. The topological polar surface area (TPSA) is 158 Å². The van der Waals surface area contributed by atoms with Crippen LogP contribution < -0.4 is 5.73 Å². The van der Waals surface area contributed by atoms with Crippen LogP contribution in [0.4, 0.5) is 10.6 Å². The van der Waals surface area contributed by atoms with Crippen LogP contribution in [0.1, 0.15) is 43.3 Å². The van der Waals surface area contributed by atoms with E-state index in [2.05, 4.69) is 35.1 Å². The van der Waals surface area contributed by atoms with Crippen LogP contribution in [0.3, 0.4) is 0 Å². The fourth-order valence-electron chi connectivity index (χ4n) is 3.38. The van der Waals surface area contributed by atoms with Gasteiger partial charge in [-0.1, -0.05) is 13.8 Å². The van der Waals surface area contributed by atoms with E-state index in [4.69, 9.17) is 20.4 Å². The zero-order valence-corrected chi connectivity index (χ0v) is 17.3. The lowest BCUT2D eigenvalue weighted by molar-refractivity contribution is -0.122. The molecule has 2 aromatic heterocycles. The van der Waals surface area contributed by atoms with Gasteiger partial charge in [-0.2, -0.15) is 10.4 Å². The second-order valence-corrected chi connectivity index (χ2v) is 7.14. The molecule has 3 rings (SSSR count). The van der Waals surface area contributed by atoms with Gasteiger partial charge in [-0.3, -0.25) is 9.89 Å². The number of nitrogen functional groups attached to an aromatic ring is 1. The van der Waals surface area contributed by atoms with Crippen LogP contribution >= 0.6 is 0 Å². The van der Waals surface area contributed by atoms with Gasteiger partial charge >= 0.3 is 6.09 Å². The summed E-state index contributed by atoms with van der Waals surface area (Å²) in [5, 5.41) is 24.0. The Hall–Kier alpha value is -3.61.